The number of aryl methyl sites for hydroxylation is 2. The zero-order chi connectivity index (χ0) is 27.8. The van der Waals surface area contributed by atoms with Crippen molar-refractivity contribution >= 4 is 23.0 Å². The van der Waals surface area contributed by atoms with Gasteiger partial charge in [0.2, 0.25) is 0 Å². The summed E-state index contributed by atoms with van der Waals surface area (Å²) in [7, 11) is 0. The van der Waals surface area contributed by atoms with E-state index in [1.54, 1.807) is 18.3 Å². The van der Waals surface area contributed by atoms with E-state index in [0.717, 1.165) is 73.6 Å². The first-order chi connectivity index (χ1) is 18.8. The molecule has 0 aliphatic carbocycles. The third-order valence-corrected chi connectivity index (χ3v) is 7.77. The van der Waals surface area contributed by atoms with E-state index >= 15 is 0 Å². The van der Waals surface area contributed by atoms with Crippen LogP contribution in [0.4, 0.5) is 15.9 Å². The molecule has 1 N–H and O–H groups in total. The maximum Gasteiger partial charge on any atom is 0.255 e. The van der Waals surface area contributed by atoms with Gasteiger partial charge < -0.3 is 10.2 Å². The van der Waals surface area contributed by atoms with Crippen molar-refractivity contribution in [3.63, 3.8) is 0 Å². The molecule has 3 aromatic rings. The number of carbonyl (C=O) groups is 1. The van der Waals surface area contributed by atoms with Crippen molar-refractivity contribution in [3.8, 4) is 0 Å². The molecule has 2 aromatic carbocycles. The average Bonchev–Trinajstić information content (AvgIpc) is 2.93. The van der Waals surface area contributed by atoms with E-state index in [1.165, 1.54) is 18.4 Å². The molecule has 39 heavy (non-hydrogen) atoms. The van der Waals surface area contributed by atoms with E-state index in [2.05, 4.69) is 47.8 Å². The monoisotopic (exact) mass is 527 g/mol. The number of amides is 1. The summed E-state index contributed by atoms with van der Waals surface area (Å²) in [6, 6.07) is 17.1. The molecular weight excluding hydrogens is 485 g/mol. The summed E-state index contributed by atoms with van der Waals surface area (Å²) in [6.45, 7) is 12.3. The molecule has 0 atom stereocenters. The molecule has 0 spiro atoms. The van der Waals surface area contributed by atoms with Gasteiger partial charge in [-0.1, -0.05) is 50.6 Å². The van der Waals surface area contributed by atoms with Crippen LogP contribution in [0.1, 0.15) is 79.9 Å². The molecule has 1 aliphatic heterocycles. The van der Waals surface area contributed by atoms with Crippen LogP contribution >= 0.6 is 0 Å². The van der Waals surface area contributed by atoms with Gasteiger partial charge in [-0.15, -0.1) is 0 Å². The Bertz CT molecular complexity index is 1240. The molecule has 0 saturated carbocycles. The molecule has 1 amide bonds. The van der Waals surface area contributed by atoms with Crippen LogP contribution in [0.15, 0.2) is 67.4 Å². The maximum absolute atomic E-state index is 14.3. The van der Waals surface area contributed by atoms with Crippen molar-refractivity contribution in [2.45, 2.75) is 65.7 Å². The van der Waals surface area contributed by atoms with Crippen molar-refractivity contribution in [1.29, 1.82) is 0 Å². The summed E-state index contributed by atoms with van der Waals surface area (Å²) in [5.74, 6) is 1.98. The van der Waals surface area contributed by atoms with Crippen molar-refractivity contribution in [3.05, 3.63) is 95.4 Å². The van der Waals surface area contributed by atoms with Gasteiger partial charge in [0.25, 0.3) is 5.91 Å². The quantitative estimate of drug-likeness (QED) is 0.273. The predicted molar refractivity (Wildman–Crippen MR) is 161 cm³/mol. The largest absolute Gasteiger partial charge is 0.357 e. The summed E-state index contributed by atoms with van der Waals surface area (Å²) in [4.78, 5) is 19.6. The third kappa shape index (κ3) is 8.26. The molecule has 4 rings (SSSR count). The topological polar surface area (TPSA) is 45.2 Å². The predicted octanol–water partition coefficient (Wildman–Crippen LogP) is 8.33. The van der Waals surface area contributed by atoms with Crippen molar-refractivity contribution < 1.29 is 9.18 Å². The second-order valence-electron chi connectivity index (χ2n) is 11.4. The first-order valence-electron chi connectivity index (χ1n) is 14.3. The number of benzene rings is 2. The molecule has 0 radical (unpaired) electrons. The van der Waals surface area contributed by atoms with E-state index < -0.39 is 0 Å². The van der Waals surface area contributed by atoms with Gasteiger partial charge in [0, 0.05) is 18.7 Å². The smallest absolute Gasteiger partial charge is 0.255 e. The fraction of sp³-hybridized carbons (Fsp3) is 0.412. The normalized spacial score (nSPS) is 14.0. The van der Waals surface area contributed by atoms with Gasteiger partial charge in [0.1, 0.15) is 11.6 Å². The van der Waals surface area contributed by atoms with Crippen LogP contribution in [-0.4, -0.2) is 24.0 Å². The number of aromatic nitrogens is 1. The zero-order valence-corrected chi connectivity index (χ0v) is 23.7. The minimum atomic E-state index is -0.122. The standard InChI is InChI=1S/C34H42FN3O/c1-24(2)6-5-7-26-8-11-28(12-9-26)34(39)37-31-15-17-33(36-23-31)38-20-18-27(19-21-38)10-13-30-22-29(25(3)4)14-16-32(30)35/h8-9,11-12,14-17,22-24,27H,3,5-7,10,13,18-21H2,1-2,4H3,(H,37,39). The molecule has 206 valence electrons. The number of carbonyl (C=O) groups excluding carboxylic acids is 1. The van der Waals surface area contributed by atoms with Gasteiger partial charge in [-0.05, 0) is 110 Å². The van der Waals surface area contributed by atoms with Crippen molar-refractivity contribution in [1.82, 2.24) is 4.98 Å². The second-order valence-corrected chi connectivity index (χ2v) is 11.4. The Balaban J connectivity index is 1.23. The molecule has 5 heteroatoms. The minimum Gasteiger partial charge on any atom is -0.357 e. The van der Waals surface area contributed by atoms with Crippen LogP contribution in [-0.2, 0) is 12.8 Å². The average molecular weight is 528 g/mol. The molecule has 1 aliphatic rings. The van der Waals surface area contributed by atoms with Crippen LogP contribution in [0.5, 0.6) is 0 Å². The number of anilines is 2. The Morgan fingerprint density at radius 2 is 1.77 bits per heavy atom. The molecule has 0 unspecified atom stereocenters. The van der Waals surface area contributed by atoms with E-state index in [1.807, 2.05) is 37.3 Å². The molecular formula is C34H42FN3O. The number of hydrogen-bond donors (Lipinski definition) is 1. The van der Waals surface area contributed by atoms with Gasteiger partial charge >= 0.3 is 0 Å². The number of pyridine rings is 1. The highest BCUT2D eigenvalue weighted by atomic mass is 19.1. The lowest BCUT2D eigenvalue weighted by atomic mass is 9.90. The summed E-state index contributed by atoms with van der Waals surface area (Å²) < 4.78 is 14.3. The minimum absolute atomic E-state index is 0.121. The Labute approximate surface area is 233 Å². The molecule has 4 nitrogen and oxygen atoms in total. The lowest BCUT2D eigenvalue weighted by Crippen LogP contribution is -2.34. The van der Waals surface area contributed by atoms with E-state index in [4.69, 9.17) is 0 Å². The summed E-state index contributed by atoms with van der Waals surface area (Å²) >= 11 is 0. The van der Waals surface area contributed by atoms with Gasteiger partial charge in [-0.3, -0.25) is 4.79 Å². The fourth-order valence-corrected chi connectivity index (χ4v) is 5.23. The SMILES string of the molecule is C=C(C)c1ccc(F)c(CCC2CCN(c3ccc(NC(=O)c4ccc(CCCC(C)C)cc4)cn3)CC2)c1. The molecule has 0 bridgehead atoms. The fourth-order valence-electron chi connectivity index (χ4n) is 5.23. The first kappa shape index (κ1) is 28.5. The molecule has 2 heterocycles. The number of halogens is 1. The first-order valence-corrected chi connectivity index (χ1v) is 14.3. The highest BCUT2D eigenvalue weighted by Crippen LogP contribution is 2.27. The van der Waals surface area contributed by atoms with Crippen LogP contribution in [0.3, 0.4) is 0 Å². The summed E-state index contributed by atoms with van der Waals surface area (Å²) in [5.41, 5.74) is 5.38. The molecule has 1 saturated heterocycles. The highest BCUT2D eigenvalue weighted by Gasteiger charge is 2.21. The second kappa shape index (κ2) is 13.5. The van der Waals surface area contributed by atoms with E-state index in [9.17, 15) is 9.18 Å². The van der Waals surface area contributed by atoms with Crippen LogP contribution in [0.25, 0.3) is 5.57 Å². The number of allylic oxidation sites excluding steroid dienone is 1. The lowest BCUT2D eigenvalue weighted by Gasteiger charge is -2.33. The number of nitrogens with zero attached hydrogens (tertiary/aromatic N) is 2. The van der Waals surface area contributed by atoms with Gasteiger partial charge in [-0.2, -0.15) is 0 Å². The lowest BCUT2D eigenvalue weighted by molar-refractivity contribution is 0.102. The van der Waals surface area contributed by atoms with Crippen molar-refractivity contribution in [2.75, 3.05) is 23.3 Å². The maximum atomic E-state index is 14.3. The number of piperidine rings is 1. The van der Waals surface area contributed by atoms with Crippen LogP contribution in [0, 0.1) is 17.7 Å². The van der Waals surface area contributed by atoms with Gasteiger partial charge in [0.05, 0.1) is 11.9 Å². The van der Waals surface area contributed by atoms with E-state index in [-0.39, 0.29) is 11.7 Å². The molecule has 1 fully saturated rings. The Morgan fingerprint density at radius 1 is 1.05 bits per heavy atom. The zero-order valence-electron chi connectivity index (χ0n) is 23.7. The van der Waals surface area contributed by atoms with E-state index in [0.29, 0.717) is 17.2 Å². The number of rotatable bonds is 11. The Kier molecular flexibility index (Phi) is 9.91. The number of hydrogen-bond acceptors (Lipinski definition) is 3. The summed E-state index contributed by atoms with van der Waals surface area (Å²) in [6.07, 6.45) is 9.04. The summed E-state index contributed by atoms with van der Waals surface area (Å²) in [5, 5.41) is 2.96. The Hall–Kier alpha value is -3.47. The number of nitrogens with one attached hydrogen (secondary N) is 1. The third-order valence-electron chi connectivity index (χ3n) is 7.77. The highest BCUT2D eigenvalue weighted by molar-refractivity contribution is 6.04. The van der Waals surface area contributed by atoms with Crippen LogP contribution in [0.2, 0.25) is 0 Å². The Morgan fingerprint density at radius 3 is 2.41 bits per heavy atom. The molecule has 1 aromatic heterocycles. The van der Waals surface area contributed by atoms with Gasteiger partial charge in [0.15, 0.2) is 0 Å². The van der Waals surface area contributed by atoms with Crippen LogP contribution < -0.4 is 10.2 Å². The van der Waals surface area contributed by atoms with Crippen molar-refractivity contribution in [2.24, 2.45) is 11.8 Å². The van der Waals surface area contributed by atoms with Gasteiger partial charge in [-0.25, -0.2) is 9.37 Å².